The van der Waals surface area contributed by atoms with E-state index in [9.17, 15) is 4.79 Å². The summed E-state index contributed by atoms with van der Waals surface area (Å²) >= 11 is 0. The molecule has 1 aliphatic rings. The molecular weight excluding hydrogens is 240 g/mol. The van der Waals surface area contributed by atoms with Gasteiger partial charge in [0.15, 0.2) is 0 Å². The first-order chi connectivity index (χ1) is 9.19. The number of hydrogen-bond donors (Lipinski definition) is 1. The van der Waals surface area contributed by atoms with E-state index in [1.54, 1.807) is 13.2 Å². The SMILES string of the molecule is COCC1CCN(C(=O)/C=C/c2cccc(N)c2)C1. The van der Waals surface area contributed by atoms with E-state index in [2.05, 4.69) is 0 Å². The molecule has 2 N–H and O–H groups in total. The van der Waals surface area contributed by atoms with Crippen LogP contribution in [-0.2, 0) is 9.53 Å². The summed E-state index contributed by atoms with van der Waals surface area (Å²) in [6.07, 6.45) is 4.44. The third-order valence-electron chi connectivity index (χ3n) is 3.33. The summed E-state index contributed by atoms with van der Waals surface area (Å²) in [5, 5.41) is 0. The smallest absolute Gasteiger partial charge is 0.246 e. The molecule has 19 heavy (non-hydrogen) atoms. The van der Waals surface area contributed by atoms with Crippen molar-refractivity contribution in [1.82, 2.24) is 4.90 Å². The van der Waals surface area contributed by atoms with E-state index in [4.69, 9.17) is 10.5 Å². The van der Waals surface area contributed by atoms with E-state index in [-0.39, 0.29) is 5.91 Å². The first-order valence-corrected chi connectivity index (χ1v) is 6.50. The van der Waals surface area contributed by atoms with Crippen LogP contribution in [0.3, 0.4) is 0 Å². The fourth-order valence-electron chi connectivity index (χ4n) is 2.34. The van der Waals surface area contributed by atoms with Gasteiger partial charge in [0.1, 0.15) is 0 Å². The number of benzene rings is 1. The van der Waals surface area contributed by atoms with Crippen LogP contribution in [0.2, 0.25) is 0 Å². The molecule has 1 amide bonds. The summed E-state index contributed by atoms with van der Waals surface area (Å²) in [5.41, 5.74) is 7.35. The van der Waals surface area contributed by atoms with Crippen LogP contribution in [0.15, 0.2) is 30.3 Å². The molecule has 0 aliphatic carbocycles. The number of anilines is 1. The molecule has 1 atom stereocenters. The standard InChI is InChI=1S/C15H20N2O2/c1-19-11-13-7-8-17(10-13)15(18)6-5-12-3-2-4-14(16)9-12/h2-6,9,13H,7-8,10-11,16H2,1H3/b6-5+. The second kappa shape index (κ2) is 6.38. The highest BCUT2D eigenvalue weighted by atomic mass is 16.5. The minimum absolute atomic E-state index is 0.0565. The van der Waals surface area contributed by atoms with Crippen molar-refractivity contribution in [2.24, 2.45) is 5.92 Å². The van der Waals surface area contributed by atoms with Crippen molar-refractivity contribution in [3.63, 3.8) is 0 Å². The van der Waals surface area contributed by atoms with Crippen LogP contribution in [0.25, 0.3) is 6.08 Å². The minimum Gasteiger partial charge on any atom is -0.399 e. The Bertz CT molecular complexity index is 471. The zero-order valence-electron chi connectivity index (χ0n) is 11.2. The number of hydrogen-bond acceptors (Lipinski definition) is 3. The summed E-state index contributed by atoms with van der Waals surface area (Å²) in [5.74, 6) is 0.524. The van der Waals surface area contributed by atoms with Gasteiger partial charge in [-0.1, -0.05) is 12.1 Å². The van der Waals surface area contributed by atoms with Gasteiger partial charge in [-0.05, 0) is 30.2 Å². The molecule has 0 saturated carbocycles. The van der Waals surface area contributed by atoms with Crippen LogP contribution in [0.4, 0.5) is 5.69 Å². The third-order valence-corrected chi connectivity index (χ3v) is 3.33. The maximum Gasteiger partial charge on any atom is 0.246 e. The van der Waals surface area contributed by atoms with Gasteiger partial charge in [0.05, 0.1) is 6.61 Å². The third kappa shape index (κ3) is 3.83. The average Bonchev–Trinajstić information content (AvgIpc) is 2.85. The molecule has 0 aromatic heterocycles. The first kappa shape index (κ1) is 13.6. The Morgan fingerprint density at radius 2 is 2.42 bits per heavy atom. The van der Waals surface area contributed by atoms with E-state index < -0.39 is 0 Å². The Morgan fingerprint density at radius 1 is 1.58 bits per heavy atom. The van der Waals surface area contributed by atoms with Gasteiger partial charge in [0.25, 0.3) is 0 Å². The molecule has 1 aromatic carbocycles. The van der Waals surface area contributed by atoms with E-state index in [1.165, 1.54) is 0 Å². The summed E-state index contributed by atoms with van der Waals surface area (Å²) in [7, 11) is 1.70. The Kier molecular flexibility index (Phi) is 4.58. The van der Waals surface area contributed by atoms with Gasteiger partial charge >= 0.3 is 0 Å². The molecule has 4 heteroatoms. The monoisotopic (exact) mass is 260 g/mol. The van der Waals surface area contributed by atoms with Gasteiger partial charge in [-0.3, -0.25) is 4.79 Å². The number of likely N-dealkylation sites (tertiary alicyclic amines) is 1. The largest absolute Gasteiger partial charge is 0.399 e. The highest BCUT2D eigenvalue weighted by Crippen LogP contribution is 2.17. The topological polar surface area (TPSA) is 55.6 Å². The van der Waals surface area contributed by atoms with Crippen molar-refractivity contribution < 1.29 is 9.53 Å². The summed E-state index contributed by atoms with van der Waals surface area (Å²) < 4.78 is 5.13. The van der Waals surface area contributed by atoms with Crippen molar-refractivity contribution >= 4 is 17.7 Å². The fraction of sp³-hybridized carbons (Fsp3) is 0.400. The Balaban J connectivity index is 1.91. The number of nitrogen functional groups attached to an aromatic ring is 1. The molecular formula is C15H20N2O2. The molecule has 4 nitrogen and oxygen atoms in total. The van der Waals surface area contributed by atoms with Gasteiger partial charge in [0, 0.05) is 37.9 Å². The fourth-order valence-corrected chi connectivity index (χ4v) is 2.34. The van der Waals surface area contributed by atoms with Gasteiger partial charge in [-0.15, -0.1) is 0 Å². The van der Waals surface area contributed by atoms with E-state index in [1.807, 2.05) is 35.2 Å². The molecule has 1 aliphatic heterocycles. The molecule has 1 aromatic rings. The normalized spacial score (nSPS) is 19.2. The van der Waals surface area contributed by atoms with Crippen LogP contribution in [0.5, 0.6) is 0 Å². The van der Waals surface area contributed by atoms with Crippen molar-refractivity contribution in [2.75, 3.05) is 32.5 Å². The lowest BCUT2D eigenvalue weighted by Gasteiger charge is -2.13. The van der Waals surface area contributed by atoms with Crippen molar-refractivity contribution in [3.05, 3.63) is 35.9 Å². The van der Waals surface area contributed by atoms with E-state index in [0.29, 0.717) is 11.6 Å². The number of amides is 1. The first-order valence-electron chi connectivity index (χ1n) is 6.50. The lowest BCUT2D eigenvalue weighted by Crippen LogP contribution is -2.27. The highest BCUT2D eigenvalue weighted by Gasteiger charge is 2.24. The summed E-state index contributed by atoms with van der Waals surface area (Å²) in [6.45, 7) is 2.32. The molecule has 1 heterocycles. The van der Waals surface area contributed by atoms with Crippen LogP contribution < -0.4 is 5.73 Å². The number of carbonyl (C=O) groups is 1. The van der Waals surface area contributed by atoms with E-state index in [0.717, 1.165) is 31.7 Å². The van der Waals surface area contributed by atoms with Gasteiger partial charge in [-0.2, -0.15) is 0 Å². The molecule has 102 valence electrons. The molecule has 1 saturated heterocycles. The van der Waals surface area contributed by atoms with E-state index >= 15 is 0 Å². The predicted molar refractivity (Wildman–Crippen MR) is 76.5 cm³/mol. The van der Waals surface area contributed by atoms with Crippen molar-refractivity contribution in [3.8, 4) is 0 Å². The maximum atomic E-state index is 12.0. The van der Waals surface area contributed by atoms with Crippen LogP contribution >= 0.6 is 0 Å². The predicted octanol–water partition coefficient (Wildman–Crippen LogP) is 1.78. The minimum atomic E-state index is 0.0565. The number of rotatable bonds is 4. The summed E-state index contributed by atoms with van der Waals surface area (Å²) in [4.78, 5) is 13.9. The number of nitrogens with zero attached hydrogens (tertiary/aromatic N) is 1. The Hall–Kier alpha value is -1.81. The lowest BCUT2D eigenvalue weighted by atomic mass is 10.1. The average molecular weight is 260 g/mol. The number of nitrogens with two attached hydrogens (primary N) is 1. The number of methoxy groups -OCH3 is 1. The zero-order chi connectivity index (χ0) is 13.7. The van der Waals surface area contributed by atoms with Crippen LogP contribution in [0.1, 0.15) is 12.0 Å². The molecule has 1 fully saturated rings. The summed E-state index contributed by atoms with van der Waals surface area (Å²) in [6, 6.07) is 7.48. The Morgan fingerprint density at radius 3 is 3.16 bits per heavy atom. The van der Waals surface area contributed by atoms with Crippen LogP contribution in [-0.4, -0.2) is 37.6 Å². The van der Waals surface area contributed by atoms with Crippen molar-refractivity contribution in [2.45, 2.75) is 6.42 Å². The highest BCUT2D eigenvalue weighted by molar-refractivity contribution is 5.92. The second-order valence-electron chi connectivity index (χ2n) is 4.90. The molecule has 0 bridgehead atoms. The van der Waals surface area contributed by atoms with Gasteiger partial charge in [-0.25, -0.2) is 0 Å². The molecule has 1 unspecified atom stereocenters. The second-order valence-corrected chi connectivity index (χ2v) is 4.90. The number of carbonyl (C=O) groups excluding carboxylic acids is 1. The molecule has 2 rings (SSSR count). The maximum absolute atomic E-state index is 12.0. The molecule has 0 spiro atoms. The zero-order valence-corrected chi connectivity index (χ0v) is 11.2. The van der Waals surface area contributed by atoms with Crippen molar-refractivity contribution in [1.29, 1.82) is 0 Å². The van der Waals surface area contributed by atoms with Gasteiger partial charge in [0.2, 0.25) is 5.91 Å². The lowest BCUT2D eigenvalue weighted by molar-refractivity contribution is -0.125. The molecule has 0 radical (unpaired) electrons. The quantitative estimate of drug-likeness (QED) is 0.663. The van der Waals surface area contributed by atoms with Gasteiger partial charge < -0.3 is 15.4 Å². The van der Waals surface area contributed by atoms with Crippen LogP contribution in [0, 0.1) is 5.92 Å². The Labute approximate surface area is 113 Å². The number of ether oxygens (including phenoxy) is 1.